The lowest BCUT2D eigenvalue weighted by Crippen LogP contribution is -2.35. The topological polar surface area (TPSA) is 43.1 Å². The summed E-state index contributed by atoms with van der Waals surface area (Å²) < 4.78 is 0. The number of nitrogens with two attached hydrogens (primary N) is 1. The van der Waals surface area contributed by atoms with E-state index in [-0.39, 0.29) is 16.6 Å². The summed E-state index contributed by atoms with van der Waals surface area (Å²) in [6, 6.07) is 8.14. The molecule has 0 spiro atoms. The Hall–Kier alpha value is -1.15. The van der Waals surface area contributed by atoms with E-state index in [9.17, 15) is 4.79 Å². The summed E-state index contributed by atoms with van der Waals surface area (Å²) >= 11 is 0. The summed E-state index contributed by atoms with van der Waals surface area (Å²) in [6.45, 7) is 7.21. The van der Waals surface area contributed by atoms with Crippen LogP contribution in [0.25, 0.3) is 0 Å². The van der Waals surface area contributed by atoms with Gasteiger partial charge in [0.05, 0.1) is 0 Å². The number of ketones is 1. The fourth-order valence-corrected chi connectivity index (χ4v) is 3.35. The molecule has 0 heterocycles. The molecule has 2 heteroatoms. The van der Waals surface area contributed by atoms with Crippen LogP contribution < -0.4 is 5.73 Å². The molecular formula is C19H29NO. The molecule has 2 nitrogen and oxygen atoms in total. The SMILES string of the molecule is CC(C)(C)c1ccc(C(=O)CC2(CN)CCCCC2)cc1. The first-order valence-corrected chi connectivity index (χ1v) is 8.20. The highest BCUT2D eigenvalue weighted by Gasteiger charge is 2.33. The number of hydrogen-bond acceptors (Lipinski definition) is 2. The summed E-state index contributed by atoms with van der Waals surface area (Å²) in [6.07, 6.45) is 6.54. The first-order chi connectivity index (χ1) is 9.86. The van der Waals surface area contributed by atoms with E-state index in [1.165, 1.54) is 24.8 Å². The van der Waals surface area contributed by atoms with Crippen LogP contribution in [0, 0.1) is 5.41 Å². The quantitative estimate of drug-likeness (QED) is 0.830. The minimum Gasteiger partial charge on any atom is -0.330 e. The van der Waals surface area contributed by atoms with Crippen LogP contribution >= 0.6 is 0 Å². The van der Waals surface area contributed by atoms with Crippen molar-refractivity contribution in [2.24, 2.45) is 11.1 Å². The normalized spacial score (nSPS) is 18.5. The molecule has 0 unspecified atom stereocenters. The number of hydrogen-bond donors (Lipinski definition) is 1. The minimum atomic E-state index is 0.0536. The van der Waals surface area contributed by atoms with Gasteiger partial charge in [-0.05, 0) is 35.8 Å². The minimum absolute atomic E-state index is 0.0536. The molecule has 0 aliphatic heterocycles. The van der Waals surface area contributed by atoms with Gasteiger partial charge in [-0.1, -0.05) is 64.3 Å². The second-order valence-corrected chi connectivity index (χ2v) is 7.69. The largest absolute Gasteiger partial charge is 0.330 e. The van der Waals surface area contributed by atoms with Gasteiger partial charge in [-0.2, -0.15) is 0 Å². The zero-order valence-electron chi connectivity index (χ0n) is 13.7. The van der Waals surface area contributed by atoms with Gasteiger partial charge in [0, 0.05) is 12.0 Å². The van der Waals surface area contributed by atoms with Crippen molar-refractivity contribution in [1.29, 1.82) is 0 Å². The van der Waals surface area contributed by atoms with Crippen molar-refractivity contribution in [3.05, 3.63) is 35.4 Å². The van der Waals surface area contributed by atoms with E-state index in [4.69, 9.17) is 5.73 Å². The molecule has 116 valence electrons. The Balaban J connectivity index is 2.09. The highest BCUT2D eigenvalue weighted by atomic mass is 16.1. The zero-order chi connectivity index (χ0) is 15.5. The Labute approximate surface area is 129 Å². The second kappa shape index (κ2) is 6.31. The molecule has 0 radical (unpaired) electrons. The van der Waals surface area contributed by atoms with Gasteiger partial charge < -0.3 is 5.73 Å². The molecule has 0 amide bonds. The predicted octanol–water partition coefficient (Wildman–Crippen LogP) is 4.47. The van der Waals surface area contributed by atoms with E-state index in [2.05, 4.69) is 32.9 Å². The lowest BCUT2D eigenvalue weighted by molar-refractivity contribution is 0.0868. The fourth-order valence-electron chi connectivity index (χ4n) is 3.35. The average molecular weight is 287 g/mol. The zero-order valence-corrected chi connectivity index (χ0v) is 13.7. The number of carbonyl (C=O) groups excluding carboxylic acids is 1. The van der Waals surface area contributed by atoms with Crippen LogP contribution in [-0.4, -0.2) is 12.3 Å². The molecule has 1 aliphatic rings. The summed E-state index contributed by atoms with van der Waals surface area (Å²) in [5.41, 5.74) is 8.28. The maximum absolute atomic E-state index is 12.6. The molecule has 1 aliphatic carbocycles. The highest BCUT2D eigenvalue weighted by Crippen LogP contribution is 2.39. The van der Waals surface area contributed by atoms with E-state index in [0.717, 1.165) is 18.4 Å². The predicted molar refractivity (Wildman–Crippen MR) is 88.7 cm³/mol. The highest BCUT2D eigenvalue weighted by molar-refractivity contribution is 5.96. The molecular weight excluding hydrogens is 258 g/mol. The smallest absolute Gasteiger partial charge is 0.163 e. The van der Waals surface area contributed by atoms with Gasteiger partial charge in [0.2, 0.25) is 0 Å². The fraction of sp³-hybridized carbons (Fsp3) is 0.632. The second-order valence-electron chi connectivity index (χ2n) is 7.69. The van der Waals surface area contributed by atoms with Crippen molar-refractivity contribution < 1.29 is 4.79 Å². The van der Waals surface area contributed by atoms with Crippen LogP contribution in [0.1, 0.15) is 75.2 Å². The number of rotatable bonds is 4. The van der Waals surface area contributed by atoms with Gasteiger partial charge in [-0.15, -0.1) is 0 Å². The van der Waals surface area contributed by atoms with Crippen molar-refractivity contribution in [3.8, 4) is 0 Å². The molecule has 0 aromatic heterocycles. The van der Waals surface area contributed by atoms with Crippen molar-refractivity contribution in [2.75, 3.05) is 6.54 Å². The third-order valence-electron chi connectivity index (χ3n) is 4.96. The van der Waals surface area contributed by atoms with E-state index in [1.54, 1.807) is 0 Å². The van der Waals surface area contributed by atoms with Crippen LogP contribution in [0.3, 0.4) is 0 Å². The summed E-state index contributed by atoms with van der Waals surface area (Å²) in [7, 11) is 0. The first-order valence-electron chi connectivity index (χ1n) is 8.20. The molecule has 1 aromatic rings. The van der Waals surface area contributed by atoms with Gasteiger partial charge in [0.1, 0.15) is 0 Å². The summed E-state index contributed by atoms with van der Waals surface area (Å²) in [5.74, 6) is 0.253. The summed E-state index contributed by atoms with van der Waals surface area (Å²) in [5, 5.41) is 0. The molecule has 1 aromatic carbocycles. The van der Waals surface area contributed by atoms with E-state index in [1.807, 2.05) is 12.1 Å². The van der Waals surface area contributed by atoms with E-state index < -0.39 is 0 Å². The third kappa shape index (κ3) is 3.94. The molecule has 1 fully saturated rings. The van der Waals surface area contributed by atoms with Gasteiger partial charge in [0.25, 0.3) is 0 Å². The van der Waals surface area contributed by atoms with Crippen LogP contribution in [-0.2, 0) is 5.41 Å². The standard InChI is InChI=1S/C19H29NO/c1-18(2,3)16-9-7-15(8-10-16)17(21)13-19(14-20)11-5-4-6-12-19/h7-10H,4-6,11-14,20H2,1-3H3. The molecule has 1 saturated carbocycles. The van der Waals surface area contributed by atoms with E-state index >= 15 is 0 Å². The van der Waals surface area contributed by atoms with Gasteiger partial charge in [0.15, 0.2) is 5.78 Å². The Bertz CT molecular complexity index is 475. The summed E-state index contributed by atoms with van der Waals surface area (Å²) in [4.78, 5) is 12.6. The Morgan fingerprint density at radius 1 is 1.10 bits per heavy atom. The monoisotopic (exact) mass is 287 g/mol. The van der Waals surface area contributed by atoms with Crippen molar-refractivity contribution in [2.45, 2.75) is 64.7 Å². The molecule has 0 bridgehead atoms. The first kappa shape index (κ1) is 16.2. The molecule has 0 atom stereocenters. The molecule has 0 saturated heterocycles. The van der Waals surface area contributed by atoms with Crippen LogP contribution in [0.4, 0.5) is 0 Å². The van der Waals surface area contributed by atoms with Gasteiger partial charge in [-0.3, -0.25) is 4.79 Å². The Morgan fingerprint density at radius 3 is 2.14 bits per heavy atom. The van der Waals surface area contributed by atoms with Crippen LogP contribution in [0.15, 0.2) is 24.3 Å². The third-order valence-corrected chi connectivity index (χ3v) is 4.96. The van der Waals surface area contributed by atoms with Gasteiger partial charge >= 0.3 is 0 Å². The van der Waals surface area contributed by atoms with Crippen LogP contribution in [0.5, 0.6) is 0 Å². The number of Topliss-reactive ketones (excluding diaryl/α,β-unsaturated/α-hetero) is 1. The molecule has 2 N–H and O–H groups in total. The number of carbonyl (C=O) groups is 1. The maximum Gasteiger partial charge on any atom is 0.163 e. The lowest BCUT2D eigenvalue weighted by atomic mass is 9.70. The van der Waals surface area contributed by atoms with Crippen molar-refractivity contribution in [3.63, 3.8) is 0 Å². The van der Waals surface area contributed by atoms with Gasteiger partial charge in [-0.25, -0.2) is 0 Å². The Kier molecular flexibility index (Phi) is 4.88. The van der Waals surface area contributed by atoms with Crippen LogP contribution in [0.2, 0.25) is 0 Å². The Morgan fingerprint density at radius 2 is 1.67 bits per heavy atom. The lowest BCUT2D eigenvalue weighted by Gasteiger charge is -2.35. The van der Waals surface area contributed by atoms with Crippen molar-refractivity contribution in [1.82, 2.24) is 0 Å². The van der Waals surface area contributed by atoms with E-state index in [0.29, 0.717) is 13.0 Å². The molecule has 21 heavy (non-hydrogen) atoms. The van der Waals surface area contributed by atoms with Crippen molar-refractivity contribution >= 4 is 5.78 Å². The average Bonchev–Trinajstić information content (AvgIpc) is 2.47. The maximum atomic E-state index is 12.6. The molecule has 2 rings (SSSR count). The number of benzene rings is 1.